The summed E-state index contributed by atoms with van der Waals surface area (Å²) in [4.78, 5) is 0. The molecule has 2 aromatic rings. The van der Waals surface area contributed by atoms with E-state index in [1.165, 1.54) is 16.8 Å². The van der Waals surface area contributed by atoms with Gasteiger partial charge in [0, 0.05) is 31.2 Å². The number of rotatable bonds is 4. The van der Waals surface area contributed by atoms with Crippen LogP contribution in [0, 0.1) is 6.92 Å². The van der Waals surface area contributed by atoms with E-state index in [0.29, 0.717) is 0 Å². The van der Waals surface area contributed by atoms with E-state index in [4.69, 9.17) is 0 Å². The Labute approximate surface area is 96.9 Å². The van der Waals surface area contributed by atoms with Gasteiger partial charge < -0.3 is 9.88 Å². The van der Waals surface area contributed by atoms with Crippen LogP contribution in [0.25, 0.3) is 0 Å². The molecule has 1 N–H and O–H groups in total. The minimum absolute atomic E-state index is 0.885. The number of nitrogens with one attached hydrogen (secondary N) is 1. The zero-order valence-corrected chi connectivity index (χ0v) is 9.90. The highest BCUT2D eigenvalue weighted by molar-refractivity contribution is 5.44. The number of aromatic nitrogens is 1. The largest absolute Gasteiger partial charge is 0.381 e. The SMILES string of the molecule is CCn1ccc(CNc2ccc(C)cc2)c1. The lowest BCUT2D eigenvalue weighted by atomic mass is 10.2. The lowest BCUT2D eigenvalue weighted by molar-refractivity contribution is 0.766. The summed E-state index contributed by atoms with van der Waals surface area (Å²) in [7, 11) is 0. The minimum Gasteiger partial charge on any atom is -0.381 e. The van der Waals surface area contributed by atoms with E-state index < -0.39 is 0 Å². The molecule has 0 amide bonds. The first kappa shape index (κ1) is 10.8. The molecule has 0 spiro atoms. The van der Waals surface area contributed by atoms with Crippen LogP contribution in [0.4, 0.5) is 5.69 Å². The molecular formula is C14H18N2. The first-order valence-corrected chi connectivity index (χ1v) is 5.73. The molecular weight excluding hydrogens is 196 g/mol. The second-order valence-electron chi connectivity index (χ2n) is 4.07. The Balaban J connectivity index is 1.94. The normalized spacial score (nSPS) is 10.4. The van der Waals surface area contributed by atoms with Gasteiger partial charge in [0.25, 0.3) is 0 Å². The van der Waals surface area contributed by atoms with Gasteiger partial charge in [0.2, 0.25) is 0 Å². The molecule has 1 aromatic heterocycles. The summed E-state index contributed by atoms with van der Waals surface area (Å²) < 4.78 is 2.19. The molecule has 0 saturated heterocycles. The van der Waals surface area contributed by atoms with Crippen molar-refractivity contribution in [3.8, 4) is 0 Å². The van der Waals surface area contributed by atoms with Gasteiger partial charge in [-0.2, -0.15) is 0 Å². The van der Waals surface area contributed by atoms with E-state index in [1.54, 1.807) is 0 Å². The van der Waals surface area contributed by atoms with Gasteiger partial charge in [-0.1, -0.05) is 17.7 Å². The fourth-order valence-corrected chi connectivity index (χ4v) is 1.67. The zero-order valence-electron chi connectivity index (χ0n) is 9.90. The van der Waals surface area contributed by atoms with Crippen molar-refractivity contribution in [2.45, 2.75) is 26.9 Å². The summed E-state index contributed by atoms with van der Waals surface area (Å²) in [6.45, 7) is 6.17. The van der Waals surface area contributed by atoms with Crippen LogP contribution >= 0.6 is 0 Å². The van der Waals surface area contributed by atoms with E-state index in [2.05, 4.69) is 66.5 Å². The summed E-state index contributed by atoms with van der Waals surface area (Å²) in [5, 5.41) is 3.41. The Bertz CT molecular complexity index is 440. The smallest absolute Gasteiger partial charge is 0.0415 e. The van der Waals surface area contributed by atoms with Crippen LogP contribution in [0.2, 0.25) is 0 Å². The predicted octanol–water partition coefficient (Wildman–Crippen LogP) is 3.43. The molecule has 1 heterocycles. The van der Waals surface area contributed by atoms with E-state index in [9.17, 15) is 0 Å². The fraction of sp³-hybridized carbons (Fsp3) is 0.286. The van der Waals surface area contributed by atoms with Crippen LogP contribution in [0.1, 0.15) is 18.1 Å². The van der Waals surface area contributed by atoms with E-state index in [-0.39, 0.29) is 0 Å². The summed E-state index contributed by atoms with van der Waals surface area (Å²) in [5.74, 6) is 0. The van der Waals surface area contributed by atoms with Gasteiger partial charge >= 0.3 is 0 Å². The number of hydrogen-bond donors (Lipinski definition) is 1. The molecule has 0 fully saturated rings. The van der Waals surface area contributed by atoms with Crippen molar-refractivity contribution in [2.75, 3.05) is 5.32 Å². The molecule has 2 nitrogen and oxygen atoms in total. The van der Waals surface area contributed by atoms with Crippen molar-refractivity contribution in [3.63, 3.8) is 0 Å². The third kappa shape index (κ3) is 2.66. The van der Waals surface area contributed by atoms with Crippen LogP contribution in [0.3, 0.4) is 0 Å². The van der Waals surface area contributed by atoms with E-state index in [0.717, 1.165) is 13.1 Å². The van der Waals surface area contributed by atoms with Crippen molar-refractivity contribution in [1.29, 1.82) is 0 Å². The zero-order chi connectivity index (χ0) is 11.4. The molecule has 0 atom stereocenters. The Morgan fingerprint density at radius 3 is 2.50 bits per heavy atom. The molecule has 0 radical (unpaired) electrons. The van der Waals surface area contributed by atoms with Crippen molar-refractivity contribution in [1.82, 2.24) is 4.57 Å². The van der Waals surface area contributed by atoms with Crippen LogP contribution < -0.4 is 5.32 Å². The molecule has 0 aliphatic heterocycles. The number of hydrogen-bond acceptors (Lipinski definition) is 1. The first-order valence-electron chi connectivity index (χ1n) is 5.73. The second-order valence-corrected chi connectivity index (χ2v) is 4.07. The average Bonchev–Trinajstić information content (AvgIpc) is 2.76. The monoisotopic (exact) mass is 214 g/mol. The van der Waals surface area contributed by atoms with E-state index in [1.807, 2.05) is 0 Å². The molecule has 84 valence electrons. The lowest BCUT2D eigenvalue weighted by Crippen LogP contribution is -1.98. The molecule has 0 saturated carbocycles. The van der Waals surface area contributed by atoms with Crippen LogP contribution in [0.15, 0.2) is 42.7 Å². The predicted molar refractivity (Wildman–Crippen MR) is 68.6 cm³/mol. The molecule has 0 aliphatic rings. The molecule has 2 rings (SSSR count). The van der Waals surface area contributed by atoms with Gasteiger partial charge in [0.05, 0.1) is 0 Å². The van der Waals surface area contributed by atoms with Gasteiger partial charge in [0.15, 0.2) is 0 Å². The molecule has 0 bridgehead atoms. The summed E-state index contributed by atoms with van der Waals surface area (Å²) >= 11 is 0. The third-order valence-electron chi connectivity index (χ3n) is 2.73. The van der Waals surface area contributed by atoms with Gasteiger partial charge in [-0.3, -0.25) is 0 Å². The van der Waals surface area contributed by atoms with Crippen molar-refractivity contribution in [2.24, 2.45) is 0 Å². The van der Waals surface area contributed by atoms with Gasteiger partial charge in [-0.05, 0) is 37.6 Å². The van der Waals surface area contributed by atoms with Gasteiger partial charge in [-0.25, -0.2) is 0 Å². The lowest BCUT2D eigenvalue weighted by Gasteiger charge is -2.05. The minimum atomic E-state index is 0.885. The third-order valence-corrected chi connectivity index (χ3v) is 2.73. The number of anilines is 1. The van der Waals surface area contributed by atoms with Crippen LogP contribution in [-0.4, -0.2) is 4.57 Å². The Morgan fingerprint density at radius 2 is 1.88 bits per heavy atom. The maximum atomic E-state index is 3.41. The molecule has 0 unspecified atom stereocenters. The van der Waals surface area contributed by atoms with Crippen LogP contribution in [0.5, 0.6) is 0 Å². The highest BCUT2D eigenvalue weighted by Crippen LogP contribution is 2.10. The van der Waals surface area contributed by atoms with E-state index >= 15 is 0 Å². The van der Waals surface area contributed by atoms with Gasteiger partial charge in [0.1, 0.15) is 0 Å². The highest BCUT2D eigenvalue weighted by atomic mass is 14.9. The molecule has 16 heavy (non-hydrogen) atoms. The molecule has 2 heteroatoms. The fourth-order valence-electron chi connectivity index (χ4n) is 1.67. The summed E-state index contributed by atoms with van der Waals surface area (Å²) in [6, 6.07) is 10.6. The maximum Gasteiger partial charge on any atom is 0.0415 e. The van der Waals surface area contributed by atoms with Crippen molar-refractivity contribution < 1.29 is 0 Å². The van der Waals surface area contributed by atoms with Crippen LogP contribution in [-0.2, 0) is 13.1 Å². The summed E-state index contributed by atoms with van der Waals surface area (Å²) in [6.07, 6.45) is 4.30. The quantitative estimate of drug-likeness (QED) is 0.825. The standard InChI is InChI=1S/C14H18N2/c1-3-16-9-8-13(11-16)10-15-14-6-4-12(2)5-7-14/h4-9,11,15H,3,10H2,1-2H3. The first-order chi connectivity index (χ1) is 7.78. The maximum absolute atomic E-state index is 3.41. The second kappa shape index (κ2) is 4.88. The topological polar surface area (TPSA) is 17.0 Å². The van der Waals surface area contributed by atoms with Crippen molar-refractivity contribution in [3.05, 3.63) is 53.9 Å². The number of benzene rings is 1. The highest BCUT2D eigenvalue weighted by Gasteiger charge is 1.96. The van der Waals surface area contributed by atoms with Crippen molar-refractivity contribution >= 4 is 5.69 Å². The molecule has 0 aliphatic carbocycles. The Kier molecular flexibility index (Phi) is 3.30. The van der Waals surface area contributed by atoms with Gasteiger partial charge in [-0.15, -0.1) is 0 Å². The Morgan fingerprint density at radius 1 is 1.12 bits per heavy atom. The summed E-state index contributed by atoms with van der Waals surface area (Å²) in [5.41, 5.74) is 3.79. The Hall–Kier alpha value is -1.70. The number of nitrogens with zero attached hydrogens (tertiary/aromatic N) is 1. The number of aryl methyl sites for hydroxylation is 2. The molecule has 1 aromatic carbocycles. The average molecular weight is 214 g/mol.